The summed E-state index contributed by atoms with van der Waals surface area (Å²) in [4.78, 5) is 29.2. The molecule has 9 nitrogen and oxygen atoms in total. The van der Waals surface area contributed by atoms with Crippen molar-refractivity contribution < 1.29 is 31.9 Å². The molecule has 1 aliphatic rings. The average Bonchev–Trinajstić information content (AvgIpc) is 3.53. The van der Waals surface area contributed by atoms with E-state index in [9.17, 15) is 22.4 Å². The second-order valence-corrected chi connectivity index (χ2v) is 12.3. The lowest BCUT2D eigenvalue weighted by molar-refractivity contribution is -0.140. The molecule has 1 fully saturated rings. The Morgan fingerprint density at radius 1 is 0.977 bits per heavy atom. The van der Waals surface area contributed by atoms with Crippen LogP contribution in [0.15, 0.2) is 77.7 Å². The van der Waals surface area contributed by atoms with E-state index in [1.54, 1.807) is 49.4 Å². The van der Waals surface area contributed by atoms with E-state index in [4.69, 9.17) is 9.47 Å². The summed E-state index contributed by atoms with van der Waals surface area (Å²) in [5.41, 5.74) is 0.697. The number of anilines is 1. The number of hydrogen-bond acceptors (Lipinski definition) is 6. The van der Waals surface area contributed by atoms with Gasteiger partial charge >= 0.3 is 0 Å². The lowest BCUT2D eigenvalue weighted by Gasteiger charge is -2.34. The zero-order valence-electron chi connectivity index (χ0n) is 24.7. The van der Waals surface area contributed by atoms with Crippen LogP contribution in [0.5, 0.6) is 11.5 Å². The first-order valence-electron chi connectivity index (χ1n) is 14.3. The maximum Gasteiger partial charge on any atom is 0.264 e. The largest absolute Gasteiger partial charge is 0.497 e. The summed E-state index contributed by atoms with van der Waals surface area (Å²) in [7, 11) is -1.43. The maximum atomic E-state index is 14.3. The van der Waals surface area contributed by atoms with Gasteiger partial charge in [0, 0.05) is 18.7 Å². The van der Waals surface area contributed by atoms with Crippen LogP contribution < -0.4 is 19.1 Å². The molecule has 3 aromatic carbocycles. The minimum atomic E-state index is -4.29. The molecular formula is C32H38FN3O6S. The van der Waals surface area contributed by atoms with Gasteiger partial charge in [-0.2, -0.15) is 0 Å². The Bertz CT molecular complexity index is 1500. The molecule has 230 valence electrons. The van der Waals surface area contributed by atoms with Gasteiger partial charge in [0.25, 0.3) is 10.0 Å². The third-order valence-electron chi connectivity index (χ3n) is 7.62. The minimum Gasteiger partial charge on any atom is -0.497 e. The Morgan fingerprint density at radius 3 is 2.26 bits per heavy atom. The lowest BCUT2D eigenvalue weighted by atomic mass is 10.1. The predicted octanol–water partition coefficient (Wildman–Crippen LogP) is 4.90. The van der Waals surface area contributed by atoms with E-state index in [1.165, 1.54) is 49.5 Å². The standard InChI is InChI=1S/C32H38FN3O6S/c1-4-28(32(38)34-25-10-8-9-11-25)35(21-23-14-16-24(33)17-15-23)31(37)22-36(43(39,40)27-12-6-5-7-13-27)29-20-26(41-2)18-19-30(29)42-3/h5-7,12-20,25,28H,4,8-11,21-22H2,1-3H3,(H,34,38). The van der Waals surface area contributed by atoms with E-state index in [2.05, 4.69) is 5.32 Å². The summed E-state index contributed by atoms with van der Waals surface area (Å²) in [5, 5.41) is 3.07. The maximum absolute atomic E-state index is 14.3. The minimum absolute atomic E-state index is 0.0236. The van der Waals surface area contributed by atoms with Crippen molar-refractivity contribution in [3.05, 3.63) is 84.2 Å². The molecule has 0 aromatic heterocycles. The number of carbonyl (C=O) groups excluding carboxylic acids is 2. The Morgan fingerprint density at radius 2 is 1.65 bits per heavy atom. The van der Waals surface area contributed by atoms with Crippen molar-refractivity contribution in [1.29, 1.82) is 0 Å². The molecule has 0 radical (unpaired) electrons. The normalized spacial score (nSPS) is 14.1. The molecule has 1 saturated carbocycles. The summed E-state index contributed by atoms with van der Waals surface area (Å²) < 4.78 is 53.7. The summed E-state index contributed by atoms with van der Waals surface area (Å²) in [6.07, 6.45) is 4.07. The van der Waals surface area contributed by atoms with E-state index >= 15 is 0 Å². The Hall–Kier alpha value is -4.12. The molecule has 2 amide bonds. The third kappa shape index (κ3) is 7.64. The number of methoxy groups -OCH3 is 2. The van der Waals surface area contributed by atoms with Gasteiger partial charge in [-0.25, -0.2) is 12.8 Å². The van der Waals surface area contributed by atoms with Crippen LogP contribution >= 0.6 is 0 Å². The quantitative estimate of drug-likeness (QED) is 0.295. The number of amides is 2. The van der Waals surface area contributed by atoms with Crippen LogP contribution in [0.25, 0.3) is 0 Å². The molecule has 1 N–H and O–H groups in total. The summed E-state index contributed by atoms with van der Waals surface area (Å²) in [6, 6.07) is 17.2. The molecule has 4 rings (SSSR count). The lowest BCUT2D eigenvalue weighted by Crippen LogP contribution is -2.53. The highest BCUT2D eigenvalue weighted by molar-refractivity contribution is 7.92. The van der Waals surface area contributed by atoms with E-state index < -0.39 is 34.3 Å². The average molecular weight is 612 g/mol. The molecule has 0 bridgehead atoms. The van der Waals surface area contributed by atoms with Crippen molar-refractivity contribution in [2.24, 2.45) is 0 Å². The molecule has 1 aliphatic carbocycles. The molecule has 1 atom stereocenters. The van der Waals surface area contributed by atoms with E-state index in [1.807, 2.05) is 0 Å². The summed E-state index contributed by atoms with van der Waals surface area (Å²) >= 11 is 0. The van der Waals surface area contributed by atoms with Gasteiger partial charge in [0.15, 0.2) is 0 Å². The fourth-order valence-electron chi connectivity index (χ4n) is 5.30. The van der Waals surface area contributed by atoms with Crippen LogP contribution in [-0.2, 0) is 26.2 Å². The highest BCUT2D eigenvalue weighted by Gasteiger charge is 2.35. The van der Waals surface area contributed by atoms with E-state index in [0.717, 1.165) is 30.0 Å². The first kappa shape index (κ1) is 31.8. The van der Waals surface area contributed by atoms with Gasteiger partial charge in [-0.15, -0.1) is 0 Å². The molecule has 43 heavy (non-hydrogen) atoms. The van der Waals surface area contributed by atoms with Crippen molar-refractivity contribution in [1.82, 2.24) is 10.2 Å². The fraction of sp³-hybridized carbons (Fsp3) is 0.375. The van der Waals surface area contributed by atoms with Gasteiger partial charge in [-0.3, -0.25) is 13.9 Å². The molecule has 1 unspecified atom stereocenters. The molecule has 0 spiro atoms. The number of carbonyl (C=O) groups is 2. The highest BCUT2D eigenvalue weighted by atomic mass is 32.2. The van der Waals surface area contributed by atoms with Gasteiger partial charge in [-0.05, 0) is 61.2 Å². The number of nitrogens with zero attached hydrogens (tertiary/aromatic N) is 2. The monoisotopic (exact) mass is 611 g/mol. The van der Waals surface area contributed by atoms with Gasteiger partial charge in [0.1, 0.15) is 29.9 Å². The summed E-state index contributed by atoms with van der Waals surface area (Å²) in [6.45, 7) is 1.15. The second kappa shape index (κ2) is 14.4. The Labute approximate surface area is 252 Å². The third-order valence-corrected chi connectivity index (χ3v) is 9.39. The van der Waals surface area contributed by atoms with Crippen LogP contribution in [0.2, 0.25) is 0 Å². The molecule has 0 aliphatic heterocycles. The SMILES string of the molecule is CCC(C(=O)NC1CCCC1)N(Cc1ccc(F)cc1)C(=O)CN(c1cc(OC)ccc1OC)S(=O)(=O)c1ccccc1. The summed E-state index contributed by atoms with van der Waals surface area (Å²) in [5.74, 6) is -0.771. The van der Waals surface area contributed by atoms with Gasteiger partial charge in [-0.1, -0.05) is 50.1 Å². The van der Waals surface area contributed by atoms with Crippen LogP contribution in [0, 0.1) is 5.82 Å². The van der Waals surface area contributed by atoms with Crippen molar-refractivity contribution in [2.75, 3.05) is 25.1 Å². The van der Waals surface area contributed by atoms with Crippen molar-refractivity contribution in [3.63, 3.8) is 0 Å². The highest BCUT2D eigenvalue weighted by Crippen LogP contribution is 2.36. The van der Waals surface area contributed by atoms with Crippen LogP contribution in [-0.4, -0.2) is 58.0 Å². The molecule has 0 heterocycles. The van der Waals surface area contributed by atoms with Crippen LogP contribution in [0.3, 0.4) is 0 Å². The predicted molar refractivity (Wildman–Crippen MR) is 162 cm³/mol. The topological polar surface area (TPSA) is 105 Å². The van der Waals surface area contributed by atoms with Crippen LogP contribution in [0.4, 0.5) is 10.1 Å². The first-order chi connectivity index (χ1) is 20.7. The molecule has 3 aromatic rings. The van der Waals surface area contributed by atoms with Gasteiger partial charge < -0.3 is 19.7 Å². The van der Waals surface area contributed by atoms with Gasteiger partial charge in [0.2, 0.25) is 11.8 Å². The zero-order chi connectivity index (χ0) is 31.0. The zero-order valence-corrected chi connectivity index (χ0v) is 25.5. The first-order valence-corrected chi connectivity index (χ1v) is 15.8. The van der Waals surface area contributed by atoms with Crippen molar-refractivity contribution in [3.8, 4) is 11.5 Å². The number of ether oxygens (including phenoxy) is 2. The number of halogens is 1. The van der Waals surface area contributed by atoms with Crippen molar-refractivity contribution in [2.45, 2.75) is 62.6 Å². The van der Waals surface area contributed by atoms with E-state index in [0.29, 0.717) is 17.7 Å². The number of hydrogen-bond donors (Lipinski definition) is 1. The number of rotatable bonds is 13. The molecule has 0 saturated heterocycles. The number of nitrogens with one attached hydrogen (secondary N) is 1. The van der Waals surface area contributed by atoms with Gasteiger partial charge in [0.05, 0.1) is 24.8 Å². The molecular weight excluding hydrogens is 573 g/mol. The molecule has 11 heteroatoms. The second-order valence-electron chi connectivity index (χ2n) is 10.4. The smallest absolute Gasteiger partial charge is 0.264 e. The Balaban J connectivity index is 1.77. The number of benzene rings is 3. The van der Waals surface area contributed by atoms with Crippen LogP contribution in [0.1, 0.15) is 44.6 Å². The van der Waals surface area contributed by atoms with E-state index in [-0.39, 0.29) is 34.8 Å². The Kier molecular flexibility index (Phi) is 10.6. The van der Waals surface area contributed by atoms with Crippen molar-refractivity contribution >= 4 is 27.5 Å². The number of sulfonamides is 1. The fourth-order valence-corrected chi connectivity index (χ4v) is 6.74.